The van der Waals surface area contributed by atoms with Crippen LogP contribution in [0.4, 0.5) is 5.69 Å². The van der Waals surface area contributed by atoms with E-state index >= 15 is 0 Å². The van der Waals surface area contributed by atoms with Gasteiger partial charge in [0, 0.05) is 50.6 Å². The van der Waals surface area contributed by atoms with Gasteiger partial charge < -0.3 is 15.4 Å². The van der Waals surface area contributed by atoms with E-state index in [4.69, 9.17) is 10.5 Å². The molecule has 3 rings (SSSR count). The summed E-state index contributed by atoms with van der Waals surface area (Å²) in [4.78, 5) is 5.03. The van der Waals surface area contributed by atoms with Crippen LogP contribution in [0.2, 0.25) is 0 Å². The Kier molecular flexibility index (Phi) is 4.48. The van der Waals surface area contributed by atoms with Crippen molar-refractivity contribution in [2.24, 2.45) is 5.73 Å². The molecule has 0 spiro atoms. The van der Waals surface area contributed by atoms with Gasteiger partial charge >= 0.3 is 0 Å². The molecule has 2 fully saturated rings. The quantitative estimate of drug-likeness (QED) is 0.897. The summed E-state index contributed by atoms with van der Waals surface area (Å²) in [6.45, 7) is 10.3. The van der Waals surface area contributed by atoms with Gasteiger partial charge in [-0.1, -0.05) is 12.1 Å². The standard InChI is InChI=1S/C17H27N3O/c1-13-4-3-5-16(14(13)2)19-7-9-20(10-8-19)17-12-21-11-6-15(17)18/h3-5,15,17H,6-12,18H2,1-2H3. The van der Waals surface area contributed by atoms with Crippen LogP contribution in [-0.2, 0) is 4.74 Å². The van der Waals surface area contributed by atoms with Gasteiger partial charge in [0.2, 0.25) is 0 Å². The second kappa shape index (κ2) is 6.34. The van der Waals surface area contributed by atoms with Gasteiger partial charge in [-0.25, -0.2) is 0 Å². The fraction of sp³-hybridized carbons (Fsp3) is 0.647. The van der Waals surface area contributed by atoms with E-state index in [2.05, 4.69) is 41.8 Å². The van der Waals surface area contributed by atoms with Crippen LogP contribution in [0, 0.1) is 13.8 Å². The molecule has 0 radical (unpaired) electrons. The van der Waals surface area contributed by atoms with Gasteiger partial charge in [0.1, 0.15) is 0 Å². The van der Waals surface area contributed by atoms with Crippen LogP contribution < -0.4 is 10.6 Å². The van der Waals surface area contributed by atoms with Gasteiger partial charge in [-0.2, -0.15) is 0 Å². The van der Waals surface area contributed by atoms with Crippen LogP contribution in [0.5, 0.6) is 0 Å². The summed E-state index contributed by atoms with van der Waals surface area (Å²) in [5.41, 5.74) is 10.4. The van der Waals surface area contributed by atoms with Crippen molar-refractivity contribution in [3.8, 4) is 0 Å². The Morgan fingerprint density at radius 3 is 2.62 bits per heavy atom. The highest BCUT2D eigenvalue weighted by atomic mass is 16.5. The predicted octanol–water partition coefficient (Wildman–Crippen LogP) is 1.54. The maximum atomic E-state index is 6.26. The normalized spacial score (nSPS) is 27.9. The molecule has 21 heavy (non-hydrogen) atoms. The number of benzene rings is 1. The summed E-state index contributed by atoms with van der Waals surface area (Å²) in [7, 11) is 0. The number of aryl methyl sites for hydroxylation is 1. The molecule has 4 nitrogen and oxygen atoms in total. The maximum Gasteiger partial charge on any atom is 0.0636 e. The lowest BCUT2D eigenvalue weighted by molar-refractivity contribution is 0.00393. The zero-order chi connectivity index (χ0) is 14.8. The second-order valence-electron chi connectivity index (χ2n) is 6.34. The molecule has 116 valence electrons. The van der Waals surface area contributed by atoms with Crippen molar-refractivity contribution in [1.82, 2.24) is 4.90 Å². The molecular formula is C17H27N3O. The van der Waals surface area contributed by atoms with Gasteiger partial charge in [0.15, 0.2) is 0 Å². The second-order valence-corrected chi connectivity index (χ2v) is 6.34. The molecule has 2 N–H and O–H groups in total. The highest BCUT2D eigenvalue weighted by molar-refractivity contribution is 5.56. The average molecular weight is 289 g/mol. The fourth-order valence-electron chi connectivity index (χ4n) is 3.49. The summed E-state index contributed by atoms with van der Waals surface area (Å²) in [6, 6.07) is 7.26. The summed E-state index contributed by atoms with van der Waals surface area (Å²) >= 11 is 0. The first-order valence-electron chi connectivity index (χ1n) is 8.05. The summed E-state index contributed by atoms with van der Waals surface area (Å²) in [5.74, 6) is 0. The predicted molar refractivity (Wildman–Crippen MR) is 86.9 cm³/mol. The molecule has 1 aromatic carbocycles. The largest absolute Gasteiger partial charge is 0.380 e. The van der Waals surface area contributed by atoms with Crippen LogP contribution >= 0.6 is 0 Å². The number of rotatable bonds is 2. The minimum absolute atomic E-state index is 0.269. The molecule has 2 atom stereocenters. The van der Waals surface area contributed by atoms with Gasteiger partial charge in [0.25, 0.3) is 0 Å². The first kappa shape index (κ1) is 14.8. The summed E-state index contributed by atoms with van der Waals surface area (Å²) in [5, 5.41) is 0. The molecule has 4 heteroatoms. The van der Waals surface area contributed by atoms with E-state index in [1.807, 2.05) is 0 Å². The number of nitrogens with zero attached hydrogens (tertiary/aromatic N) is 2. The zero-order valence-electron chi connectivity index (χ0n) is 13.2. The number of anilines is 1. The van der Waals surface area contributed by atoms with Gasteiger partial charge in [0.05, 0.1) is 6.61 Å². The molecule has 1 aromatic rings. The molecule has 0 aromatic heterocycles. The molecule has 2 aliphatic rings. The van der Waals surface area contributed by atoms with Crippen molar-refractivity contribution in [2.45, 2.75) is 32.4 Å². The number of hydrogen-bond acceptors (Lipinski definition) is 4. The molecule has 2 aliphatic heterocycles. The van der Waals surface area contributed by atoms with Crippen molar-refractivity contribution in [3.05, 3.63) is 29.3 Å². The highest BCUT2D eigenvalue weighted by Gasteiger charge is 2.30. The molecule has 0 aliphatic carbocycles. The molecule has 0 bridgehead atoms. The minimum Gasteiger partial charge on any atom is -0.380 e. The minimum atomic E-state index is 0.269. The maximum absolute atomic E-state index is 6.26. The molecule has 2 saturated heterocycles. The van der Waals surface area contributed by atoms with Crippen molar-refractivity contribution >= 4 is 5.69 Å². The van der Waals surface area contributed by atoms with E-state index in [-0.39, 0.29) is 6.04 Å². The summed E-state index contributed by atoms with van der Waals surface area (Å²) < 4.78 is 5.62. The molecule has 0 amide bonds. The first-order valence-corrected chi connectivity index (χ1v) is 8.05. The van der Waals surface area contributed by atoms with E-state index in [1.54, 1.807) is 0 Å². The number of hydrogen-bond donors (Lipinski definition) is 1. The van der Waals surface area contributed by atoms with Crippen molar-refractivity contribution in [1.29, 1.82) is 0 Å². The topological polar surface area (TPSA) is 41.7 Å². The van der Waals surface area contributed by atoms with Crippen LogP contribution in [0.1, 0.15) is 17.5 Å². The Bertz CT molecular complexity index is 483. The average Bonchev–Trinajstić information content (AvgIpc) is 2.51. The van der Waals surface area contributed by atoms with Gasteiger partial charge in [-0.05, 0) is 37.5 Å². The molecule has 2 unspecified atom stereocenters. The van der Waals surface area contributed by atoms with E-state index < -0.39 is 0 Å². The lowest BCUT2D eigenvalue weighted by Crippen LogP contribution is -2.59. The third-order valence-corrected chi connectivity index (χ3v) is 5.08. The van der Waals surface area contributed by atoms with E-state index in [0.29, 0.717) is 6.04 Å². The van der Waals surface area contributed by atoms with Crippen molar-refractivity contribution < 1.29 is 4.74 Å². The van der Waals surface area contributed by atoms with E-state index in [1.165, 1.54) is 16.8 Å². The van der Waals surface area contributed by atoms with Gasteiger partial charge in [-0.15, -0.1) is 0 Å². The zero-order valence-corrected chi connectivity index (χ0v) is 13.2. The highest BCUT2D eigenvalue weighted by Crippen LogP contribution is 2.25. The number of ether oxygens (including phenoxy) is 1. The van der Waals surface area contributed by atoms with Crippen molar-refractivity contribution in [2.75, 3.05) is 44.3 Å². The Morgan fingerprint density at radius 2 is 1.90 bits per heavy atom. The number of piperazine rings is 1. The Balaban J connectivity index is 1.63. The van der Waals surface area contributed by atoms with Crippen LogP contribution in [-0.4, -0.2) is 56.4 Å². The Labute approximate surface area is 127 Å². The number of nitrogens with two attached hydrogens (primary N) is 1. The Morgan fingerprint density at radius 1 is 1.14 bits per heavy atom. The third-order valence-electron chi connectivity index (χ3n) is 5.08. The first-order chi connectivity index (χ1) is 10.2. The van der Waals surface area contributed by atoms with Crippen LogP contribution in [0.25, 0.3) is 0 Å². The van der Waals surface area contributed by atoms with E-state index in [0.717, 1.165) is 45.8 Å². The molecule has 2 heterocycles. The monoisotopic (exact) mass is 289 g/mol. The van der Waals surface area contributed by atoms with Crippen molar-refractivity contribution in [3.63, 3.8) is 0 Å². The molecule has 0 saturated carbocycles. The Hall–Kier alpha value is -1.10. The van der Waals surface area contributed by atoms with Gasteiger partial charge in [-0.3, -0.25) is 4.90 Å². The van der Waals surface area contributed by atoms with E-state index in [9.17, 15) is 0 Å². The fourth-order valence-corrected chi connectivity index (χ4v) is 3.49. The lowest BCUT2D eigenvalue weighted by Gasteiger charge is -2.43. The molecular weight excluding hydrogens is 262 g/mol. The lowest BCUT2D eigenvalue weighted by atomic mass is 10.0. The van der Waals surface area contributed by atoms with Crippen LogP contribution in [0.3, 0.4) is 0 Å². The smallest absolute Gasteiger partial charge is 0.0636 e. The SMILES string of the molecule is Cc1cccc(N2CCN(C3COCCC3N)CC2)c1C. The summed E-state index contributed by atoms with van der Waals surface area (Å²) in [6.07, 6.45) is 0.988. The van der Waals surface area contributed by atoms with Crippen LogP contribution in [0.15, 0.2) is 18.2 Å². The third kappa shape index (κ3) is 3.07.